The number of carbonyl (C=O) groups excluding carboxylic acids is 1. The van der Waals surface area contributed by atoms with Gasteiger partial charge in [0.05, 0.1) is 5.01 Å². The van der Waals surface area contributed by atoms with Crippen molar-refractivity contribution in [1.82, 2.24) is 14.8 Å². The molecule has 0 saturated carbocycles. The molecule has 0 radical (unpaired) electrons. The Morgan fingerprint density at radius 3 is 2.81 bits per heavy atom. The third-order valence-electron chi connectivity index (χ3n) is 2.93. The van der Waals surface area contributed by atoms with E-state index in [1.807, 2.05) is 5.38 Å². The lowest BCUT2D eigenvalue weighted by Gasteiger charge is -2.32. The van der Waals surface area contributed by atoms with Crippen LogP contribution in [0.4, 0.5) is 0 Å². The molecule has 1 aromatic heterocycles. The van der Waals surface area contributed by atoms with Gasteiger partial charge in [0.15, 0.2) is 6.29 Å². The van der Waals surface area contributed by atoms with Gasteiger partial charge in [-0.15, -0.1) is 11.3 Å². The van der Waals surface area contributed by atoms with E-state index in [1.54, 1.807) is 11.3 Å². The molecule has 0 aliphatic carbocycles. The molecule has 0 N–H and O–H groups in total. The molecular formula is C11H17N3OS. The highest BCUT2D eigenvalue weighted by Gasteiger charge is 2.13. The van der Waals surface area contributed by atoms with E-state index in [0.29, 0.717) is 5.69 Å². The molecule has 0 atom stereocenters. The summed E-state index contributed by atoms with van der Waals surface area (Å²) in [6.45, 7) is 5.64. The topological polar surface area (TPSA) is 36.4 Å². The minimum absolute atomic E-state index is 0.568. The first kappa shape index (κ1) is 11.7. The molecule has 4 nitrogen and oxygen atoms in total. The Hall–Kier alpha value is -0.780. The fraction of sp³-hybridized carbons (Fsp3) is 0.636. The molecule has 1 saturated heterocycles. The lowest BCUT2D eigenvalue weighted by Crippen LogP contribution is -2.45. The van der Waals surface area contributed by atoms with Crippen LogP contribution in [-0.2, 0) is 6.42 Å². The number of likely N-dealkylation sites (N-methyl/N-ethyl adjacent to an activating group) is 1. The van der Waals surface area contributed by atoms with Crippen LogP contribution in [0.1, 0.15) is 15.5 Å². The van der Waals surface area contributed by atoms with Gasteiger partial charge in [-0.3, -0.25) is 4.79 Å². The van der Waals surface area contributed by atoms with Gasteiger partial charge < -0.3 is 9.80 Å². The minimum Gasteiger partial charge on any atom is -0.304 e. The van der Waals surface area contributed by atoms with Crippen LogP contribution in [0.15, 0.2) is 5.38 Å². The van der Waals surface area contributed by atoms with Crippen LogP contribution in [0.3, 0.4) is 0 Å². The zero-order valence-electron chi connectivity index (χ0n) is 9.56. The van der Waals surface area contributed by atoms with Gasteiger partial charge in [-0.05, 0) is 7.05 Å². The van der Waals surface area contributed by atoms with Crippen LogP contribution >= 0.6 is 11.3 Å². The maximum atomic E-state index is 10.5. The van der Waals surface area contributed by atoms with Gasteiger partial charge in [0.1, 0.15) is 5.69 Å². The third kappa shape index (κ3) is 3.10. The molecule has 0 unspecified atom stereocenters. The number of hydrogen-bond donors (Lipinski definition) is 0. The van der Waals surface area contributed by atoms with Crippen LogP contribution in [0.25, 0.3) is 0 Å². The summed E-state index contributed by atoms with van der Waals surface area (Å²) in [6, 6.07) is 0. The molecule has 2 heterocycles. The highest BCUT2D eigenvalue weighted by atomic mass is 32.1. The first-order chi connectivity index (χ1) is 7.78. The maximum Gasteiger partial charge on any atom is 0.169 e. The predicted octanol–water partition coefficient (Wildman–Crippen LogP) is 0.746. The third-order valence-corrected chi connectivity index (χ3v) is 3.85. The number of rotatable bonds is 4. The van der Waals surface area contributed by atoms with Gasteiger partial charge in [0.2, 0.25) is 0 Å². The number of carbonyl (C=O) groups is 1. The van der Waals surface area contributed by atoms with E-state index in [-0.39, 0.29) is 0 Å². The summed E-state index contributed by atoms with van der Waals surface area (Å²) in [5, 5.41) is 2.90. The molecule has 88 valence electrons. The van der Waals surface area contributed by atoms with Crippen molar-refractivity contribution in [2.24, 2.45) is 0 Å². The lowest BCUT2D eigenvalue weighted by atomic mass is 10.3. The molecule has 5 heteroatoms. The summed E-state index contributed by atoms with van der Waals surface area (Å²) >= 11 is 1.58. The van der Waals surface area contributed by atoms with Crippen LogP contribution in [0.2, 0.25) is 0 Å². The molecule has 0 amide bonds. The summed E-state index contributed by atoms with van der Waals surface area (Å²) in [7, 11) is 2.16. The second-order valence-electron chi connectivity index (χ2n) is 4.18. The van der Waals surface area contributed by atoms with E-state index in [2.05, 4.69) is 21.8 Å². The Balaban J connectivity index is 1.76. The van der Waals surface area contributed by atoms with Gasteiger partial charge in [-0.2, -0.15) is 0 Å². The van der Waals surface area contributed by atoms with Crippen molar-refractivity contribution in [1.29, 1.82) is 0 Å². The lowest BCUT2D eigenvalue weighted by molar-refractivity contribution is 0.111. The largest absolute Gasteiger partial charge is 0.304 e. The predicted molar refractivity (Wildman–Crippen MR) is 65.1 cm³/mol. The summed E-state index contributed by atoms with van der Waals surface area (Å²) in [6.07, 6.45) is 1.78. The van der Waals surface area contributed by atoms with E-state index in [4.69, 9.17) is 0 Å². The van der Waals surface area contributed by atoms with Gasteiger partial charge in [-0.25, -0.2) is 4.98 Å². The van der Waals surface area contributed by atoms with Gasteiger partial charge in [-0.1, -0.05) is 0 Å². The molecule has 0 aromatic carbocycles. The number of thiazole rings is 1. The quantitative estimate of drug-likeness (QED) is 0.726. The van der Waals surface area contributed by atoms with Crippen molar-refractivity contribution in [3.05, 3.63) is 16.1 Å². The van der Waals surface area contributed by atoms with Crippen LogP contribution in [-0.4, -0.2) is 60.8 Å². The number of hydrogen-bond acceptors (Lipinski definition) is 5. The van der Waals surface area contributed by atoms with Crippen LogP contribution < -0.4 is 0 Å². The number of aldehydes is 1. The van der Waals surface area contributed by atoms with Crippen LogP contribution in [0.5, 0.6) is 0 Å². The smallest absolute Gasteiger partial charge is 0.169 e. The van der Waals surface area contributed by atoms with Crippen molar-refractivity contribution < 1.29 is 4.79 Å². The van der Waals surface area contributed by atoms with E-state index >= 15 is 0 Å². The average Bonchev–Trinajstić information content (AvgIpc) is 2.76. The summed E-state index contributed by atoms with van der Waals surface area (Å²) in [5.41, 5.74) is 0.568. The molecular weight excluding hydrogens is 222 g/mol. The maximum absolute atomic E-state index is 10.5. The Kier molecular flexibility index (Phi) is 4.04. The Morgan fingerprint density at radius 2 is 2.19 bits per heavy atom. The number of aromatic nitrogens is 1. The number of piperazine rings is 1. The molecule has 1 aromatic rings. The fourth-order valence-corrected chi connectivity index (χ4v) is 2.55. The molecule has 1 fully saturated rings. The van der Waals surface area contributed by atoms with Gasteiger partial charge >= 0.3 is 0 Å². The monoisotopic (exact) mass is 239 g/mol. The van der Waals surface area contributed by atoms with Crippen molar-refractivity contribution in [2.45, 2.75) is 6.42 Å². The first-order valence-electron chi connectivity index (χ1n) is 5.58. The first-order valence-corrected chi connectivity index (χ1v) is 6.46. The van der Waals surface area contributed by atoms with Crippen molar-refractivity contribution in [2.75, 3.05) is 39.8 Å². The fourth-order valence-electron chi connectivity index (χ4n) is 1.82. The van der Waals surface area contributed by atoms with Gasteiger partial charge in [0.25, 0.3) is 0 Å². The standard InChI is InChI=1S/C11H17N3OS/c1-13-4-6-14(7-5-13)3-2-11-12-10(8-15)9-16-11/h8-9H,2-7H2,1H3. The minimum atomic E-state index is 0.568. The summed E-state index contributed by atoms with van der Waals surface area (Å²) < 4.78 is 0. The zero-order chi connectivity index (χ0) is 11.4. The Morgan fingerprint density at radius 1 is 1.44 bits per heavy atom. The summed E-state index contributed by atoms with van der Waals surface area (Å²) in [5.74, 6) is 0. The average molecular weight is 239 g/mol. The highest BCUT2D eigenvalue weighted by molar-refractivity contribution is 7.09. The van der Waals surface area contributed by atoms with Crippen LogP contribution in [0, 0.1) is 0 Å². The summed E-state index contributed by atoms with van der Waals surface area (Å²) in [4.78, 5) is 19.5. The van der Waals surface area contributed by atoms with Crippen molar-refractivity contribution >= 4 is 17.6 Å². The van der Waals surface area contributed by atoms with E-state index < -0.39 is 0 Å². The molecule has 1 aliphatic rings. The Labute approximate surface area is 99.9 Å². The highest BCUT2D eigenvalue weighted by Crippen LogP contribution is 2.10. The van der Waals surface area contributed by atoms with Crippen molar-refractivity contribution in [3.8, 4) is 0 Å². The number of nitrogens with zero attached hydrogens (tertiary/aromatic N) is 3. The molecule has 2 rings (SSSR count). The van der Waals surface area contributed by atoms with Gasteiger partial charge in [0, 0.05) is 44.5 Å². The second-order valence-corrected chi connectivity index (χ2v) is 5.12. The Bertz CT molecular complexity index is 345. The molecule has 16 heavy (non-hydrogen) atoms. The normalized spacial score (nSPS) is 18.8. The molecule has 0 spiro atoms. The second kappa shape index (κ2) is 5.52. The van der Waals surface area contributed by atoms with Crippen molar-refractivity contribution in [3.63, 3.8) is 0 Å². The SMILES string of the molecule is CN1CCN(CCc2nc(C=O)cs2)CC1. The molecule has 1 aliphatic heterocycles. The van der Waals surface area contributed by atoms with E-state index in [1.165, 1.54) is 0 Å². The van der Waals surface area contributed by atoms with E-state index in [0.717, 1.165) is 50.4 Å². The van der Waals surface area contributed by atoms with E-state index in [9.17, 15) is 4.79 Å². The molecule has 0 bridgehead atoms. The zero-order valence-corrected chi connectivity index (χ0v) is 10.4.